The molecule has 0 heterocycles. The molecule has 0 fully saturated rings. The van der Waals surface area contributed by atoms with E-state index in [1.165, 1.54) is 7.11 Å². The van der Waals surface area contributed by atoms with Crippen molar-refractivity contribution >= 4 is 11.9 Å². The van der Waals surface area contributed by atoms with Gasteiger partial charge in [-0.15, -0.1) is 0 Å². The van der Waals surface area contributed by atoms with E-state index in [2.05, 4.69) is 5.32 Å². The Hall–Kier alpha value is -1.14. The molecule has 17 heavy (non-hydrogen) atoms. The molecule has 0 aromatic heterocycles. The molecular formula is C11H21NO5. The van der Waals surface area contributed by atoms with Gasteiger partial charge in [-0.3, -0.25) is 4.79 Å². The molecule has 6 nitrogen and oxygen atoms in total. The fourth-order valence-corrected chi connectivity index (χ4v) is 1.16. The van der Waals surface area contributed by atoms with Gasteiger partial charge < -0.3 is 19.9 Å². The van der Waals surface area contributed by atoms with Gasteiger partial charge in [-0.1, -0.05) is 20.8 Å². The predicted molar refractivity (Wildman–Crippen MR) is 61.7 cm³/mol. The van der Waals surface area contributed by atoms with Crippen LogP contribution in [0.5, 0.6) is 0 Å². The second kappa shape index (κ2) is 7.24. The van der Waals surface area contributed by atoms with Crippen LogP contribution in [0.1, 0.15) is 20.8 Å². The van der Waals surface area contributed by atoms with Gasteiger partial charge in [-0.2, -0.15) is 0 Å². The topological polar surface area (TPSA) is 84.9 Å². The van der Waals surface area contributed by atoms with Crippen LogP contribution in [0.3, 0.4) is 0 Å². The van der Waals surface area contributed by atoms with Crippen LogP contribution in [-0.4, -0.2) is 50.0 Å². The number of amides is 1. The number of rotatable bonds is 7. The van der Waals surface area contributed by atoms with Gasteiger partial charge in [0.2, 0.25) is 5.91 Å². The lowest BCUT2D eigenvalue weighted by Crippen LogP contribution is -2.50. The van der Waals surface area contributed by atoms with Crippen molar-refractivity contribution in [1.29, 1.82) is 0 Å². The molecule has 0 saturated heterocycles. The second-order valence-corrected chi connectivity index (χ2v) is 4.75. The average Bonchev–Trinajstić information content (AvgIpc) is 2.19. The molecule has 0 aromatic rings. The Morgan fingerprint density at radius 1 is 1.29 bits per heavy atom. The van der Waals surface area contributed by atoms with Crippen molar-refractivity contribution in [2.24, 2.45) is 5.41 Å². The lowest BCUT2D eigenvalue weighted by Gasteiger charge is -2.27. The molecule has 2 N–H and O–H groups in total. The highest BCUT2D eigenvalue weighted by atomic mass is 16.5. The first kappa shape index (κ1) is 15.9. The molecule has 0 radical (unpaired) electrons. The van der Waals surface area contributed by atoms with Crippen LogP contribution in [-0.2, 0) is 19.1 Å². The first-order chi connectivity index (χ1) is 7.79. The van der Waals surface area contributed by atoms with E-state index >= 15 is 0 Å². The van der Waals surface area contributed by atoms with Crippen LogP contribution in [0, 0.1) is 5.41 Å². The summed E-state index contributed by atoms with van der Waals surface area (Å²) in [6, 6.07) is -0.930. The zero-order valence-electron chi connectivity index (χ0n) is 10.8. The molecule has 0 bridgehead atoms. The van der Waals surface area contributed by atoms with E-state index in [-0.39, 0.29) is 6.61 Å². The predicted octanol–water partition coefficient (Wildman–Crippen LogP) is 0.265. The van der Waals surface area contributed by atoms with Crippen LogP contribution >= 0.6 is 0 Å². The summed E-state index contributed by atoms with van der Waals surface area (Å²) in [4.78, 5) is 22.4. The summed E-state index contributed by atoms with van der Waals surface area (Å²) in [5.41, 5.74) is -0.548. The number of ether oxygens (including phenoxy) is 2. The van der Waals surface area contributed by atoms with Crippen molar-refractivity contribution in [3.63, 3.8) is 0 Å². The SMILES string of the molecule is COCCOCC(=O)NC(C(=O)O)C(C)(C)C. The van der Waals surface area contributed by atoms with Crippen LogP contribution in [0.4, 0.5) is 0 Å². The number of nitrogens with one attached hydrogen (secondary N) is 1. The van der Waals surface area contributed by atoms with Crippen LogP contribution < -0.4 is 5.32 Å². The zero-order chi connectivity index (χ0) is 13.5. The molecule has 0 rings (SSSR count). The van der Waals surface area contributed by atoms with E-state index in [4.69, 9.17) is 14.6 Å². The number of aliphatic carboxylic acids is 1. The minimum absolute atomic E-state index is 0.163. The molecule has 6 heteroatoms. The van der Waals surface area contributed by atoms with Crippen molar-refractivity contribution in [1.82, 2.24) is 5.32 Å². The van der Waals surface area contributed by atoms with Crippen LogP contribution in [0.25, 0.3) is 0 Å². The number of carbonyl (C=O) groups is 2. The van der Waals surface area contributed by atoms with E-state index in [9.17, 15) is 9.59 Å². The zero-order valence-corrected chi connectivity index (χ0v) is 10.8. The van der Waals surface area contributed by atoms with Gasteiger partial charge in [0.25, 0.3) is 0 Å². The Kier molecular flexibility index (Phi) is 6.75. The third kappa shape index (κ3) is 6.91. The minimum atomic E-state index is -1.05. The summed E-state index contributed by atoms with van der Waals surface area (Å²) in [7, 11) is 1.53. The lowest BCUT2D eigenvalue weighted by molar-refractivity contribution is -0.145. The number of hydrogen-bond donors (Lipinski definition) is 2. The Morgan fingerprint density at radius 2 is 1.88 bits per heavy atom. The Morgan fingerprint density at radius 3 is 2.29 bits per heavy atom. The molecule has 100 valence electrons. The van der Waals surface area contributed by atoms with Gasteiger partial charge in [-0.05, 0) is 5.41 Å². The first-order valence-corrected chi connectivity index (χ1v) is 5.38. The fourth-order valence-electron chi connectivity index (χ4n) is 1.16. The van der Waals surface area contributed by atoms with E-state index in [0.29, 0.717) is 13.2 Å². The molecule has 1 amide bonds. The van der Waals surface area contributed by atoms with E-state index in [1.54, 1.807) is 20.8 Å². The summed E-state index contributed by atoms with van der Waals surface area (Å²) >= 11 is 0. The first-order valence-electron chi connectivity index (χ1n) is 5.38. The number of carbonyl (C=O) groups excluding carboxylic acids is 1. The lowest BCUT2D eigenvalue weighted by atomic mass is 9.87. The average molecular weight is 247 g/mol. The monoisotopic (exact) mass is 247 g/mol. The molecule has 1 atom stereocenters. The molecule has 0 aliphatic carbocycles. The molecule has 0 spiro atoms. The summed E-state index contributed by atoms with van der Waals surface area (Å²) in [6.07, 6.45) is 0. The highest BCUT2D eigenvalue weighted by molar-refractivity contribution is 5.84. The summed E-state index contributed by atoms with van der Waals surface area (Å²) in [5, 5.41) is 11.4. The third-order valence-corrected chi connectivity index (χ3v) is 2.08. The Bertz CT molecular complexity index is 259. The maximum atomic E-state index is 11.4. The van der Waals surface area contributed by atoms with E-state index in [0.717, 1.165) is 0 Å². The number of carboxylic acid groups (broad SMARTS) is 1. The van der Waals surface area contributed by atoms with Crippen molar-refractivity contribution in [3.05, 3.63) is 0 Å². The second-order valence-electron chi connectivity index (χ2n) is 4.75. The highest BCUT2D eigenvalue weighted by Crippen LogP contribution is 2.19. The maximum absolute atomic E-state index is 11.4. The molecular weight excluding hydrogens is 226 g/mol. The molecule has 0 aliphatic rings. The van der Waals surface area contributed by atoms with Gasteiger partial charge in [-0.25, -0.2) is 4.79 Å². The van der Waals surface area contributed by atoms with Crippen LogP contribution in [0.2, 0.25) is 0 Å². The van der Waals surface area contributed by atoms with E-state index in [1.807, 2.05) is 0 Å². The standard InChI is InChI=1S/C11H21NO5/c1-11(2,3)9(10(14)15)12-8(13)7-17-6-5-16-4/h9H,5-7H2,1-4H3,(H,12,13)(H,14,15). The third-order valence-electron chi connectivity index (χ3n) is 2.08. The fraction of sp³-hybridized carbons (Fsp3) is 0.818. The smallest absolute Gasteiger partial charge is 0.326 e. The van der Waals surface area contributed by atoms with Gasteiger partial charge in [0.05, 0.1) is 13.2 Å². The van der Waals surface area contributed by atoms with Gasteiger partial charge in [0, 0.05) is 7.11 Å². The van der Waals surface area contributed by atoms with Crippen molar-refractivity contribution in [2.75, 3.05) is 26.9 Å². The molecule has 0 saturated carbocycles. The van der Waals surface area contributed by atoms with Crippen molar-refractivity contribution in [2.45, 2.75) is 26.8 Å². The summed E-state index contributed by atoms with van der Waals surface area (Å²) < 4.78 is 9.75. The normalized spacial score (nSPS) is 13.2. The molecule has 0 aromatic carbocycles. The van der Waals surface area contributed by atoms with Crippen molar-refractivity contribution in [3.8, 4) is 0 Å². The summed E-state index contributed by atoms with van der Waals surface area (Å²) in [6.45, 7) is 5.78. The number of methoxy groups -OCH3 is 1. The quantitative estimate of drug-likeness (QED) is 0.631. The Labute approximate surface area is 101 Å². The minimum Gasteiger partial charge on any atom is -0.480 e. The number of carboxylic acids is 1. The summed E-state index contributed by atoms with van der Waals surface area (Å²) in [5.74, 6) is -1.49. The van der Waals surface area contributed by atoms with E-state index < -0.39 is 23.3 Å². The van der Waals surface area contributed by atoms with Gasteiger partial charge in [0.15, 0.2) is 0 Å². The van der Waals surface area contributed by atoms with Gasteiger partial charge >= 0.3 is 5.97 Å². The molecule has 1 unspecified atom stereocenters. The number of hydrogen-bond acceptors (Lipinski definition) is 4. The maximum Gasteiger partial charge on any atom is 0.326 e. The largest absolute Gasteiger partial charge is 0.480 e. The Balaban J connectivity index is 4.11. The van der Waals surface area contributed by atoms with Crippen molar-refractivity contribution < 1.29 is 24.2 Å². The van der Waals surface area contributed by atoms with Crippen LogP contribution in [0.15, 0.2) is 0 Å². The molecule has 0 aliphatic heterocycles. The highest BCUT2D eigenvalue weighted by Gasteiger charge is 2.32. The van der Waals surface area contributed by atoms with Gasteiger partial charge in [0.1, 0.15) is 12.6 Å².